The smallest absolute Gasteiger partial charge is 0.157 e. The van der Waals surface area contributed by atoms with E-state index in [2.05, 4.69) is 15.9 Å². The Balaban J connectivity index is 3.14. The zero-order valence-corrected chi connectivity index (χ0v) is 6.20. The molecule has 0 aromatic heterocycles. The van der Waals surface area contributed by atoms with Gasteiger partial charge in [0.05, 0.1) is 0 Å². The van der Waals surface area contributed by atoms with Gasteiger partial charge in [-0.05, 0) is 12.3 Å². The summed E-state index contributed by atoms with van der Waals surface area (Å²) in [5.41, 5.74) is 0. The average molecular weight is 169 g/mol. The lowest BCUT2D eigenvalue weighted by atomic mass is 10.1. The third-order valence-corrected chi connectivity index (χ3v) is 1.98. The Hall–Kier alpha value is 0.410. The molecular weight excluding hydrogens is 159 g/mol. The van der Waals surface area contributed by atoms with Crippen LogP contribution in [0.1, 0.15) is 20.3 Å². The highest BCUT2D eigenvalue weighted by atomic mass is 79.9. The molecule has 0 N–H and O–H groups in total. The summed E-state index contributed by atoms with van der Waals surface area (Å²) in [5.74, 6) is 0.153. The molecule has 0 rings (SSSR count). The average Bonchev–Trinajstić information content (AvgIpc) is 1.65. The first-order valence-electron chi connectivity index (χ1n) is 2.46. The van der Waals surface area contributed by atoms with Crippen LogP contribution in [0.4, 0.5) is 4.39 Å². The summed E-state index contributed by atoms with van der Waals surface area (Å²) < 4.78 is 12.0. The molecule has 0 fully saturated rings. The highest BCUT2D eigenvalue weighted by molar-refractivity contribution is 9.09. The van der Waals surface area contributed by atoms with Crippen LogP contribution in [0.2, 0.25) is 0 Å². The van der Waals surface area contributed by atoms with Gasteiger partial charge < -0.3 is 0 Å². The number of hydrogen-bond acceptors (Lipinski definition) is 0. The molecule has 0 aliphatic carbocycles. The Kier molecular flexibility index (Phi) is 3.62. The standard InChI is InChI=1S/C5H10BrF/c1-3-4(2)5(6)7/h4-5H,3H2,1-2H3. The highest BCUT2D eigenvalue weighted by Crippen LogP contribution is 2.15. The first-order valence-corrected chi connectivity index (χ1v) is 3.38. The zero-order chi connectivity index (χ0) is 5.86. The van der Waals surface area contributed by atoms with E-state index in [9.17, 15) is 4.39 Å². The van der Waals surface area contributed by atoms with Crippen molar-refractivity contribution in [2.45, 2.75) is 25.3 Å². The molecule has 2 unspecified atom stereocenters. The van der Waals surface area contributed by atoms with Crippen molar-refractivity contribution >= 4 is 15.9 Å². The normalized spacial score (nSPS) is 18.9. The van der Waals surface area contributed by atoms with E-state index in [1.165, 1.54) is 0 Å². The molecule has 0 aromatic carbocycles. The minimum Gasteiger partial charge on any atom is -0.235 e. The zero-order valence-electron chi connectivity index (χ0n) is 4.62. The third-order valence-electron chi connectivity index (χ3n) is 1.07. The van der Waals surface area contributed by atoms with Crippen LogP contribution in [0, 0.1) is 5.92 Å². The number of rotatable bonds is 2. The Labute approximate surface area is 52.2 Å². The number of halogens is 2. The van der Waals surface area contributed by atoms with Crippen LogP contribution in [0.3, 0.4) is 0 Å². The topological polar surface area (TPSA) is 0 Å². The molecule has 7 heavy (non-hydrogen) atoms. The van der Waals surface area contributed by atoms with Gasteiger partial charge in [0.15, 0.2) is 5.08 Å². The van der Waals surface area contributed by atoms with Crippen LogP contribution in [-0.2, 0) is 0 Å². The van der Waals surface area contributed by atoms with Gasteiger partial charge in [0.2, 0.25) is 0 Å². The van der Waals surface area contributed by atoms with Gasteiger partial charge in [0, 0.05) is 0 Å². The fourth-order valence-corrected chi connectivity index (χ4v) is 0.552. The molecule has 0 heterocycles. The summed E-state index contributed by atoms with van der Waals surface area (Å²) in [4.78, 5) is 0. The lowest BCUT2D eigenvalue weighted by Crippen LogP contribution is -2.01. The maximum absolute atomic E-state index is 12.0. The molecule has 44 valence electrons. The van der Waals surface area contributed by atoms with E-state index >= 15 is 0 Å². The summed E-state index contributed by atoms with van der Waals surface area (Å²) in [6, 6.07) is 0. The summed E-state index contributed by atoms with van der Waals surface area (Å²) >= 11 is 2.83. The Morgan fingerprint density at radius 1 is 1.71 bits per heavy atom. The van der Waals surface area contributed by atoms with Crippen molar-refractivity contribution in [3.63, 3.8) is 0 Å². The van der Waals surface area contributed by atoms with Crippen LogP contribution in [0.15, 0.2) is 0 Å². The Morgan fingerprint density at radius 2 is 2.14 bits per heavy atom. The minimum absolute atomic E-state index is 0.153. The Bertz CT molecular complexity index is 45.3. The lowest BCUT2D eigenvalue weighted by molar-refractivity contribution is 0.344. The molecule has 0 bridgehead atoms. The summed E-state index contributed by atoms with van der Waals surface area (Å²) in [5, 5.41) is -0.822. The molecule has 0 saturated heterocycles. The molecule has 0 radical (unpaired) electrons. The van der Waals surface area contributed by atoms with Crippen molar-refractivity contribution in [3.8, 4) is 0 Å². The molecule has 0 nitrogen and oxygen atoms in total. The molecular formula is C5H10BrF. The predicted molar refractivity (Wildman–Crippen MR) is 33.3 cm³/mol. The van der Waals surface area contributed by atoms with Gasteiger partial charge in [0.1, 0.15) is 0 Å². The van der Waals surface area contributed by atoms with Crippen molar-refractivity contribution in [2.75, 3.05) is 0 Å². The molecule has 2 heteroatoms. The second-order valence-electron chi connectivity index (χ2n) is 1.72. The summed E-state index contributed by atoms with van der Waals surface area (Å²) in [6.45, 7) is 3.85. The molecule has 0 aromatic rings. The predicted octanol–water partition coefficient (Wildman–Crippen LogP) is 2.72. The van der Waals surface area contributed by atoms with E-state index in [4.69, 9.17) is 0 Å². The molecule has 0 saturated carbocycles. The van der Waals surface area contributed by atoms with Gasteiger partial charge in [-0.25, -0.2) is 4.39 Å². The van der Waals surface area contributed by atoms with Gasteiger partial charge in [-0.1, -0.05) is 29.8 Å². The van der Waals surface area contributed by atoms with Gasteiger partial charge in [-0.15, -0.1) is 0 Å². The van der Waals surface area contributed by atoms with Crippen LogP contribution in [0.25, 0.3) is 0 Å². The molecule has 0 aliphatic heterocycles. The van der Waals surface area contributed by atoms with Crippen molar-refractivity contribution in [1.29, 1.82) is 0 Å². The van der Waals surface area contributed by atoms with Crippen LogP contribution < -0.4 is 0 Å². The van der Waals surface area contributed by atoms with Gasteiger partial charge >= 0.3 is 0 Å². The van der Waals surface area contributed by atoms with E-state index in [1.54, 1.807) is 0 Å². The van der Waals surface area contributed by atoms with Crippen LogP contribution in [-0.4, -0.2) is 5.08 Å². The lowest BCUT2D eigenvalue weighted by Gasteiger charge is -2.05. The van der Waals surface area contributed by atoms with Crippen molar-refractivity contribution in [1.82, 2.24) is 0 Å². The van der Waals surface area contributed by atoms with Gasteiger partial charge in [-0.3, -0.25) is 0 Å². The van der Waals surface area contributed by atoms with Crippen LogP contribution >= 0.6 is 15.9 Å². The van der Waals surface area contributed by atoms with Crippen molar-refractivity contribution in [3.05, 3.63) is 0 Å². The van der Waals surface area contributed by atoms with Crippen LogP contribution in [0.5, 0.6) is 0 Å². The van der Waals surface area contributed by atoms with Gasteiger partial charge in [-0.2, -0.15) is 0 Å². The first-order chi connectivity index (χ1) is 3.18. The Morgan fingerprint density at radius 3 is 2.14 bits per heavy atom. The maximum atomic E-state index is 12.0. The van der Waals surface area contributed by atoms with E-state index in [1.807, 2.05) is 13.8 Å². The second kappa shape index (κ2) is 3.42. The fraction of sp³-hybridized carbons (Fsp3) is 1.00. The fourth-order valence-electron chi connectivity index (χ4n) is 0.178. The summed E-state index contributed by atoms with van der Waals surface area (Å²) in [7, 11) is 0. The maximum Gasteiger partial charge on any atom is 0.157 e. The second-order valence-corrected chi connectivity index (χ2v) is 2.59. The van der Waals surface area contributed by atoms with E-state index < -0.39 is 5.08 Å². The largest absolute Gasteiger partial charge is 0.235 e. The molecule has 0 aliphatic rings. The highest BCUT2D eigenvalue weighted by Gasteiger charge is 2.07. The first kappa shape index (κ1) is 7.41. The van der Waals surface area contributed by atoms with E-state index in [-0.39, 0.29) is 5.92 Å². The van der Waals surface area contributed by atoms with Crippen molar-refractivity contribution in [2.24, 2.45) is 5.92 Å². The van der Waals surface area contributed by atoms with E-state index in [0.717, 1.165) is 6.42 Å². The minimum atomic E-state index is -0.822. The monoisotopic (exact) mass is 168 g/mol. The van der Waals surface area contributed by atoms with Gasteiger partial charge in [0.25, 0.3) is 0 Å². The third kappa shape index (κ3) is 3.03. The molecule has 0 amide bonds. The quantitative estimate of drug-likeness (QED) is 0.557. The number of hydrogen-bond donors (Lipinski definition) is 0. The molecule has 0 spiro atoms. The SMILES string of the molecule is CCC(C)C(F)Br. The summed E-state index contributed by atoms with van der Waals surface area (Å²) in [6.07, 6.45) is 0.895. The van der Waals surface area contributed by atoms with Crippen molar-refractivity contribution < 1.29 is 4.39 Å². The van der Waals surface area contributed by atoms with E-state index in [0.29, 0.717) is 0 Å². The number of alkyl halides is 2. The molecule has 2 atom stereocenters.